The van der Waals surface area contributed by atoms with Gasteiger partial charge in [-0.05, 0) is 51.4 Å². The van der Waals surface area contributed by atoms with Crippen LogP contribution in [-0.4, -0.2) is 47.4 Å². The van der Waals surface area contributed by atoms with E-state index in [2.05, 4.69) is 31.3 Å². The highest BCUT2D eigenvalue weighted by Crippen LogP contribution is 2.20. The van der Waals surface area contributed by atoms with Gasteiger partial charge in [0.1, 0.15) is 0 Å². The third kappa shape index (κ3) is 67.6. The van der Waals surface area contributed by atoms with Gasteiger partial charge in [-0.15, -0.1) is 0 Å². The Morgan fingerprint density at radius 3 is 0.877 bits per heavy atom. The summed E-state index contributed by atoms with van der Waals surface area (Å²) in [5.41, 5.74) is 0. The van der Waals surface area contributed by atoms with Gasteiger partial charge in [0.15, 0.2) is 0 Å². The number of hydrogen-bond donors (Lipinski definition) is 3. The first-order valence-corrected chi connectivity index (χ1v) is 37.4. The number of nitrogens with one attached hydrogen (secondary N) is 1. The van der Waals surface area contributed by atoms with Gasteiger partial charge in [-0.25, -0.2) is 0 Å². The lowest BCUT2D eigenvalue weighted by molar-refractivity contribution is -0.143. The zero-order valence-corrected chi connectivity index (χ0v) is 55.3. The molecule has 0 radical (unpaired) electrons. The van der Waals surface area contributed by atoms with Crippen molar-refractivity contribution in [2.75, 3.05) is 13.2 Å². The highest BCUT2D eigenvalue weighted by molar-refractivity contribution is 5.76. The van der Waals surface area contributed by atoms with Gasteiger partial charge in [-0.1, -0.05) is 379 Å². The summed E-state index contributed by atoms with van der Waals surface area (Å²) >= 11 is 0. The molecule has 0 bridgehead atoms. The minimum Gasteiger partial charge on any atom is -0.466 e. The smallest absolute Gasteiger partial charge is 0.305 e. The topological polar surface area (TPSA) is 95.9 Å². The Morgan fingerprint density at radius 1 is 0.333 bits per heavy atom. The molecule has 482 valence electrons. The van der Waals surface area contributed by atoms with E-state index in [0.29, 0.717) is 25.9 Å². The Balaban J connectivity index is 3.30. The number of aliphatic hydroxyl groups is 2. The molecule has 0 aliphatic carbocycles. The minimum absolute atomic E-state index is 0.0252. The lowest BCUT2D eigenvalue weighted by atomic mass is 10.0. The zero-order valence-electron chi connectivity index (χ0n) is 55.3. The van der Waals surface area contributed by atoms with Crippen LogP contribution in [0.1, 0.15) is 431 Å². The molecule has 2 unspecified atom stereocenters. The highest BCUT2D eigenvalue weighted by atomic mass is 16.5. The minimum atomic E-state index is -0.660. The van der Waals surface area contributed by atoms with Gasteiger partial charge in [0.2, 0.25) is 5.91 Å². The predicted octanol–water partition coefficient (Wildman–Crippen LogP) is 24.3. The van der Waals surface area contributed by atoms with Crippen molar-refractivity contribution >= 4 is 11.9 Å². The Bertz CT molecular complexity index is 1220. The summed E-state index contributed by atoms with van der Waals surface area (Å²) < 4.78 is 5.51. The van der Waals surface area contributed by atoms with Crippen LogP contribution in [0.3, 0.4) is 0 Å². The van der Waals surface area contributed by atoms with Gasteiger partial charge in [0.05, 0.1) is 25.4 Å². The Labute approximate surface area is 508 Å². The highest BCUT2D eigenvalue weighted by Gasteiger charge is 2.20. The van der Waals surface area contributed by atoms with Crippen molar-refractivity contribution in [3.8, 4) is 0 Å². The van der Waals surface area contributed by atoms with E-state index < -0.39 is 12.1 Å². The normalized spacial score (nSPS) is 12.5. The number of esters is 1. The molecule has 0 saturated heterocycles. The number of hydrogen-bond acceptors (Lipinski definition) is 5. The summed E-state index contributed by atoms with van der Waals surface area (Å²) in [6.45, 7) is 4.99. The fraction of sp³-hybridized carbons (Fsp3) is 0.947. The molecule has 0 aromatic carbocycles. The number of amides is 1. The molecule has 0 aromatic rings. The second-order valence-corrected chi connectivity index (χ2v) is 26.0. The van der Waals surface area contributed by atoms with Crippen LogP contribution in [0.5, 0.6) is 0 Å². The van der Waals surface area contributed by atoms with Crippen LogP contribution in [0.4, 0.5) is 0 Å². The first-order valence-electron chi connectivity index (χ1n) is 37.4. The maximum Gasteiger partial charge on any atom is 0.305 e. The predicted molar refractivity (Wildman–Crippen MR) is 357 cm³/mol. The van der Waals surface area contributed by atoms with Crippen molar-refractivity contribution in [1.82, 2.24) is 5.32 Å². The van der Waals surface area contributed by atoms with E-state index in [9.17, 15) is 19.8 Å². The number of allylic oxidation sites excluding steroid dienone is 2. The van der Waals surface area contributed by atoms with Gasteiger partial charge in [0.25, 0.3) is 0 Å². The molecule has 2 atom stereocenters. The number of aliphatic hydroxyl groups excluding tert-OH is 2. The van der Waals surface area contributed by atoms with Crippen LogP contribution in [0.2, 0.25) is 0 Å². The van der Waals surface area contributed by atoms with Crippen molar-refractivity contribution in [1.29, 1.82) is 0 Å². The Morgan fingerprint density at radius 2 is 0.580 bits per heavy atom. The molecule has 0 saturated carbocycles. The molecule has 6 nitrogen and oxygen atoms in total. The first kappa shape index (κ1) is 79.6. The van der Waals surface area contributed by atoms with Crippen LogP contribution < -0.4 is 5.32 Å². The Hall–Kier alpha value is -1.40. The van der Waals surface area contributed by atoms with Crippen molar-refractivity contribution in [3.63, 3.8) is 0 Å². The summed E-state index contributed by atoms with van der Waals surface area (Å²) in [5, 5.41) is 23.3. The van der Waals surface area contributed by atoms with Crippen molar-refractivity contribution in [2.45, 2.75) is 443 Å². The monoisotopic (exact) mass is 1140 g/mol. The molecule has 1 amide bonds. The van der Waals surface area contributed by atoms with Crippen LogP contribution >= 0.6 is 0 Å². The molecule has 0 spiro atoms. The summed E-state index contributed by atoms with van der Waals surface area (Å²) in [7, 11) is 0. The van der Waals surface area contributed by atoms with E-state index in [-0.39, 0.29) is 18.5 Å². The number of unbranched alkanes of at least 4 members (excludes halogenated alkanes) is 58. The van der Waals surface area contributed by atoms with E-state index >= 15 is 0 Å². The van der Waals surface area contributed by atoms with Gasteiger partial charge in [0, 0.05) is 12.8 Å². The SMILES string of the molecule is CCCCCCCCCCCCCCCCCCCC(=O)OCCCCCCCCCCCCCCCC/C=C\CCCCCCCCCCCCCCCCCCCC(=O)NC(CO)C(O)CCCCCCCCCCCCCC. The first-order chi connectivity index (χ1) is 40.0. The molecule has 3 N–H and O–H groups in total. The second-order valence-electron chi connectivity index (χ2n) is 26.0. The lowest BCUT2D eigenvalue weighted by Gasteiger charge is -2.22. The zero-order chi connectivity index (χ0) is 58.5. The van der Waals surface area contributed by atoms with Gasteiger partial charge < -0.3 is 20.3 Å². The maximum absolute atomic E-state index is 12.5. The average Bonchev–Trinajstić information content (AvgIpc) is 3.47. The Kier molecular flexibility index (Phi) is 69.9. The molecule has 81 heavy (non-hydrogen) atoms. The van der Waals surface area contributed by atoms with E-state index in [1.54, 1.807) is 0 Å². The largest absolute Gasteiger partial charge is 0.466 e. The van der Waals surface area contributed by atoms with E-state index in [1.165, 1.54) is 360 Å². The number of carbonyl (C=O) groups excluding carboxylic acids is 2. The summed E-state index contributed by atoms with van der Waals surface area (Å²) in [4.78, 5) is 24.6. The maximum atomic E-state index is 12.5. The molecule has 6 heteroatoms. The van der Waals surface area contributed by atoms with Crippen LogP contribution in [0, 0.1) is 0 Å². The van der Waals surface area contributed by atoms with E-state index in [0.717, 1.165) is 38.5 Å². The standard InChI is InChI=1S/C75H147NO5/c1-3-5-7-9-11-13-15-17-18-38-42-45-49-53-57-61-65-69-75(80)81-70-66-62-58-54-50-46-43-40-37-35-33-31-29-27-25-23-21-19-20-22-24-26-28-30-32-34-36-39-41-44-48-52-56-60-64-68-74(79)76-72(71-77)73(78)67-63-59-55-51-47-16-14-12-10-8-6-4-2/h21,23,72-73,77-78H,3-20,22,24-71H2,1-2H3,(H,76,79)/b23-21-. The number of ether oxygens (including phenoxy) is 1. The molecule has 0 aliphatic heterocycles. The van der Waals surface area contributed by atoms with Crippen LogP contribution in [-0.2, 0) is 14.3 Å². The molecule has 0 fully saturated rings. The fourth-order valence-electron chi connectivity index (χ4n) is 12.1. The third-order valence-corrected chi connectivity index (χ3v) is 17.8. The molecule has 0 heterocycles. The van der Waals surface area contributed by atoms with Crippen molar-refractivity contribution in [3.05, 3.63) is 12.2 Å². The average molecular weight is 1140 g/mol. The molecule has 0 rings (SSSR count). The van der Waals surface area contributed by atoms with Crippen molar-refractivity contribution in [2.24, 2.45) is 0 Å². The van der Waals surface area contributed by atoms with E-state index in [4.69, 9.17) is 4.74 Å². The van der Waals surface area contributed by atoms with Gasteiger partial charge >= 0.3 is 5.97 Å². The third-order valence-electron chi connectivity index (χ3n) is 17.8. The molecular weight excluding hydrogens is 995 g/mol. The summed E-state index contributed by atoms with van der Waals surface area (Å²) in [6.07, 6.45) is 88.7. The lowest BCUT2D eigenvalue weighted by Crippen LogP contribution is -2.45. The summed E-state index contributed by atoms with van der Waals surface area (Å²) in [5.74, 6) is -0.00408. The van der Waals surface area contributed by atoms with Gasteiger partial charge in [-0.2, -0.15) is 0 Å². The quantitative estimate of drug-likeness (QED) is 0.0320. The van der Waals surface area contributed by atoms with E-state index in [1.807, 2.05) is 0 Å². The van der Waals surface area contributed by atoms with Crippen molar-refractivity contribution < 1.29 is 24.5 Å². The van der Waals surface area contributed by atoms with Gasteiger partial charge in [-0.3, -0.25) is 9.59 Å². The number of carbonyl (C=O) groups is 2. The molecule has 0 aromatic heterocycles. The molecule has 0 aliphatic rings. The molecular formula is C75H147NO5. The fourth-order valence-corrected chi connectivity index (χ4v) is 12.1. The second kappa shape index (κ2) is 71.1. The van der Waals surface area contributed by atoms with Crippen LogP contribution in [0.15, 0.2) is 12.2 Å². The summed E-state index contributed by atoms with van der Waals surface area (Å²) in [6, 6.07) is -0.537. The van der Waals surface area contributed by atoms with Crippen LogP contribution in [0.25, 0.3) is 0 Å². The number of rotatable bonds is 71.